The van der Waals surface area contributed by atoms with Crippen LogP contribution in [0.4, 0.5) is 8.78 Å². The van der Waals surface area contributed by atoms with E-state index >= 15 is 0 Å². The summed E-state index contributed by atoms with van der Waals surface area (Å²) < 4.78 is 27.4. The molecule has 1 N–H and O–H groups in total. The fraction of sp³-hybridized carbons (Fsp3) is 0.611. The van der Waals surface area contributed by atoms with Crippen molar-refractivity contribution in [3.63, 3.8) is 0 Å². The van der Waals surface area contributed by atoms with E-state index in [1.54, 1.807) is 4.90 Å². The van der Waals surface area contributed by atoms with Crippen molar-refractivity contribution in [2.24, 2.45) is 0 Å². The first-order valence-electron chi connectivity index (χ1n) is 8.60. The molecule has 1 saturated carbocycles. The Morgan fingerprint density at radius 2 is 1.92 bits per heavy atom. The zero-order valence-corrected chi connectivity index (χ0v) is 14.6. The molecule has 1 aliphatic carbocycles. The van der Waals surface area contributed by atoms with E-state index in [-0.39, 0.29) is 42.5 Å². The molecule has 0 spiro atoms. The highest BCUT2D eigenvalue weighted by atomic mass is 35.5. The molecular weight excluding hydrogens is 334 g/mol. The molecule has 2 aliphatic rings. The number of carbonyl (C=O) groups excluding carboxylic acids is 1. The summed E-state index contributed by atoms with van der Waals surface area (Å²) in [5.41, 5.74) is 0.268. The van der Waals surface area contributed by atoms with Crippen molar-refractivity contribution in [2.75, 3.05) is 6.54 Å². The molecule has 1 heterocycles. The van der Waals surface area contributed by atoms with Gasteiger partial charge in [-0.3, -0.25) is 4.79 Å². The van der Waals surface area contributed by atoms with E-state index in [1.165, 1.54) is 6.07 Å². The van der Waals surface area contributed by atoms with Crippen molar-refractivity contribution < 1.29 is 13.6 Å². The minimum Gasteiger partial charge on any atom is -0.335 e. The molecular formula is C18H25ClF2N2O. The lowest BCUT2D eigenvalue weighted by molar-refractivity contribution is -0.134. The lowest BCUT2D eigenvalue weighted by Crippen LogP contribution is -2.41. The van der Waals surface area contributed by atoms with Gasteiger partial charge in [-0.25, -0.2) is 8.78 Å². The Hall–Kier alpha value is -1.20. The minimum atomic E-state index is -0.460. The molecule has 1 aromatic rings. The van der Waals surface area contributed by atoms with Gasteiger partial charge < -0.3 is 10.2 Å². The Morgan fingerprint density at radius 1 is 1.17 bits per heavy atom. The van der Waals surface area contributed by atoms with Crippen molar-refractivity contribution in [2.45, 2.75) is 63.6 Å². The van der Waals surface area contributed by atoms with Crippen molar-refractivity contribution in [3.05, 3.63) is 35.4 Å². The van der Waals surface area contributed by atoms with Crippen LogP contribution in [-0.4, -0.2) is 29.4 Å². The summed E-state index contributed by atoms with van der Waals surface area (Å²) in [6.07, 6.45) is 6.68. The predicted octanol–water partition coefficient (Wildman–Crippen LogP) is 3.80. The number of hydrogen-bond donors (Lipinski definition) is 1. The van der Waals surface area contributed by atoms with Gasteiger partial charge in [0.15, 0.2) is 0 Å². The maximum Gasteiger partial charge on any atom is 0.224 e. The first-order chi connectivity index (χ1) is 11.1. The maximum atomic E-state index is 14.0. The molecule has 6 heteroatoms. The third kappa shape index (κ3) is 4.67. The molecule has 0 aromatic heterocycles. The quantitative estimate of drug-likeness (QED) is 0.868. The zero-order chi connectivity index (χ0) is 16.2. The van der Waals surface area contributed by atoms with Crippen molar-refractivity contribution in [1.29, 1.82) is 0 Å². The molecule has 0 radical (unpaired) electrons. The van der Waals surface area contributed by atoms with Crippen molar-refractivity contribution in [3.8, 4) is 0 Å². The molecule has 0 bridgehead atoms. The third-order valence-corrected chi connectivity index (χ3v) is 5.02. The smallest absolute Gasteiger partial charge is 0.224 e. The molecule has 3 nitrogen and oxygen atoms in total. The van der Waals surface area contributed by atoms with Gasteiger partial charge in [0.1, 0.15) is 11.6 Å². The van der Waals surface area contributed by atoms with Crippen LogP contribution in [0.25, 0.3) is 0 Å². The van der Waals surface area contributed by atoms with Gasteiger partial charge in [-0.1, -0.05) is 12.8 Å². The molecule has 134 valence electrons. The fourth-order valence-corrected chi connectivity index (χ4v) is 3.74. The Morgan fingerprint density at radius 3 is 2.58 bits per heavy atom. The number of amides is 1. The Bertz CT molecular complexity index is 558. The molecule has 24 heavy (non-hydrogen) atoms. The number of nitrogens with one attached hydrogen (secondary N) is 1. The third-order valence-electron chi connectivity index (χ3n) is 5.02. The zero-order valence-electron chi connectivity index (χ0n) is 13.8. The highest BCUT2D eigenvalue weighted by molar-refractivity contribution is 5.85. The Labute approximate surface area is 148 Å². The normalized spacial score (nSPS) is 20.8. The summed E-state index contributed by atoms with van der Waals surface area (Å²) in [7, 11) is 0. The van der Waals surface area contributed by atoms with Gasteiger partial charge in [-0.05, 0) is 50.4 Å². The van der Waals surface area contributed by atoms with Crippen LogP contribution >= 0.6 is 12.4 Å². The molecule has 1 aromatic carbocycles. The number of benzene rings is 1. The average molecular weight is 359 g/mol. The SMILES string of the molecule is Cl.O=C(CC1CCCN1)N(Cc1cc(F)ccc1F)C1CCCC1. The van der Waals surface area contributed by atoms with Gasteiger partial charge in [0, 0.05) is 30.6 Å². The monoisotopic (exact) mass is 358 g/mol. The van der Waals surface area contributed by atoms with E-state index in [9.17, 15) is 13.6 Å². The van der Waals surface area contributed by atoms with Crippen molar-refractivity contribution in [1.82, 2.24) is 10.2 Å². The van der Waals surface area contributed by atoms with Gasteiger partial charge in [0.2, 0.25) is 5.91 Å². The van der Waals surface area contributed by atoms with Crippen LogP contribution in [0.3, 0.4) is 0 Å². The Kier molecular flexibility index (Phi) is 6.99. The number of rotatable bonds is 5. The van der Waals surface area contributed by atoms with Gasteiger partial charge >= 0.3 is 0 Å². The minimum absolute atomic E-state index is 0. The van der Waals surface area contributed by atoms with Crippen molar-refractivity contribution >= 4 is 18.3 Å². The van der Waals surface area contributed by atoms with Gasteiger partial charge in [-0.2, -0.15) is 0 Å². The number of halogens is 3. The largest absolute Gasteiger partial charge is 0.335 e. The Balaban J connectivity index is 0.00000208. The topological polar surface area (TPSA) is 32.3 Å². The van der Waals surface area contributed by atoms with Crippen LogP contribution in [0.1, 0.15) is 50.5 Å². The van der Waals surface area contributed by atoms with Crippen LogP contribution in [0.5, 0.6) is 0 Å². The van der Waals surface area contributed by atoms with Gasteiger partial charge in [0.05, 0.1) is 0 Å². The summed E-state index contributed by atoms with van der Waals surface area (Å²) in [6.45, 7) is 1.12. The predicted molar refractivity (Wildman–Crippen MR) is 92.1 cm³/mol. The highest BCUT2D eigenvalue weighted by Gasteiger charge is 2.29. The summed E-state index contributed by atoms with van der Waals surface area (Å²) in [5.74, 6) is -0.848. The second kappa shape index (κ2) is 8.77. The highest BCUT2D eigenvalue weighted by Crippen LogP contribution is 2.27. The first-order valence-corrected chi connectivity index (χ1v) is 8.60. The van der Waals surface area contributed by atoms with Gasteiger partial charge in [-0.15, -0.1) is 12.4 Å². The van der Waals surface area contributed by atoms with E-state index in [2.05, 4.69) is 5.32 Å². The number of carbonyl (C=O) groups is 1. The van der Waals surface area contributed by atoms with Crippen LogP contribution in [-0.2, 0) is 11.3 Å². The van der Waals surface area contributed by atoms with Crippen LogP contribution < -0.4 is 5.32 Å². The van der Waals surface area contributed by atoms with E-state index in [0.717, 1.165) is 57.2 Å². The lowest BCUT2D eigenvalue weighted by atomic mass is 10.1. The second-order valence-corrected chi connectivity index (χ2v) is 6.69. The summed E-state index contributed by atoms with van der Waals surface area (Å²) in [6, 6.07) is 3.84. The van der Waals surface area contributed by atoms with E-state index in [1.807, 2.05) is 0 Å². The molecule has 2 fully saturated rings. The lowest BCUT2D eigenvalue weighted by Gasteiger charge is -2.30. The molecule has 1 unspecified atom stereocenters. The van der Waals surface area contributed by atoms with Crippen LogP contribution in [0.2, 0.25) is 0 Å². The van der Waals surface area contributed by atoms with E-state index in [4.69, 9.17) is 0 Å². The second-order valence-electron chi connectivity index (χ2n) is 6.69. The van der Waals surface area contributed by atoms with E-state index in [0.29, 0.717) is 6.42 Å². The number of hydrogen-bond acceptors (Lipinski definition) is 2. The fourth-order valence-electron chi connectivity index (χ4n) is 3.74. The summed E-state index contributed by atoms with van der Waals surface area (Å²) in [5, 5.41) is 3.34. The summed E-state index contributed by atoms with van der Waals surface area (Å²) in [4.78, 5) is 14.5. The van der Waals surface area contributed by atoms with E-state index < -0.39 is 11.6 Å². The molecule has 1 saturated heterocycles. The number of nitrogens with zero attached hydrogens (tertiary/aromatic N) is 1. The summed E-state index contributed by atoms with van der Waals surface area (Å²) >= 11 is 0. The standard InChI is InChI=1S/C18H24F2N2O.ClH/c19-14-7-8-17(20)13(10-14)12-22(16-5-1-2-6-16)18(23)11-15-4-3-9-21-15;/h7-8,10,15-16,21H,1-6,9,11-12H2;1H. The average Bonchev–Trinajstić information content (AvgIpc) is 3.21. The maximum absolute atomic E-state index is 14.0. The molecule has 3 rings (SSSR count). The molecule has 1 amide bonds. The van der Waals surface area contributed by atoms with Gasteiger partial charge in [0.25, 0.3) is 0 Å². The molecule has 1 atom stereocenters. The van der Waals surface area contributed by atoms with Crippen LogP contribution in [0, 0.1) is 11.6 Å². The van der Waals surface area contributed by atoms with Crippen LogP contribution in [0.15, 0.2) is 18.2 Å². The molecule has 1 aliphatic heterocycles. The first kappa shape index (κ1) is 19.1.